The van der Waals surface area contributed by atoms with Crippen LogP contribution in [0.4, 0.5) is 5.69 Å². The monoisotopic (exact) mass is 395 g/mol. The summed E-state index contributed by atoms with van der Waals surface area (Å²) in [6.07, 6.45) is 0. The number of rotatable bonds is 6. The Kier molecular flexibility index (Phi) is 6.22. The van der Waals surface area contributed by atoms with Gasteiger partial charge < -0.3 is 14.8 Å². The molecule has 0 unspecified atom stereocenters. The van der Waals surface area contributed by atoms with E-state index in [1.54, 1.807) is 37.4 Å². The summed E-state index contributed by atoms with van der Waals surface area (Å²) in [6.45, 7) is 4.29. The molecule has 0 spiro atoms. The zero-order valence-corrected chi connectivity index (χ0v) is 16.8. The number of benzene rings is 3. The third-order valence-corrected chi connectivity index (χ3v) is 4.84. The van der Waals surface area contributed by atoms with Crippen molar-refractivity contribution in [2.24, 2.45) is 0 Å². The molecule has 0 bridgehead atoms. The van der Waals surface area contributed by atoms with Crippen molar-refractivity contribution in [1.29, 1.82) is 0 Å². The molecular weight excluding hydrogens is 374 g/mol. The topological polar surface area (TPSA) is 47.6 Å². The van der Waals surface area contributed by atoms with Gasteiger partial charge in [-0.05, 0) is 67.4 Å². The van der Waals surface area contributed by atoms with Crippen molar-refractivity contribution in [3.05, 3.63) is 87.9 Å². The fraction of sp³-hybridized carbons (Fsp3) is 0.174. The summed E-state index contributed by atoms with van der Waals surface area (Å²) in [5, 5.41) is 3.46. The molecule has 144 valence electrons. The van der Waals surface area contributed by atoms with Gasteiger partial charge in [0.1, 0.15) is 18.1 Å². The van der Waals surface area contributed by atoms with Crippen LogP contribution in [0.1, 0.15) is 27.0 Å². The summed E-state index contributed by atoms with van der Waals surface area (Å²) in [5.41, 5.74) is 4.35. The van der Waals surface area contributed by atoms with Crippen LogP contribution in [0.2, 0.25) is 5.02 Å². The molecule has 0 aliphatic carbocycles. The van der Waals surface area contributed by atoms with Gasteiger partial charge >= 0.3 is 0 Å². The van der Waals surface area contributed by atoms with Crippen LogP contribution in [-0.4, -0.2) is 13.0 Å². The van der Waals surface area contributed by atoms with Crippen LogP contribution in [-0.2, 0) is 6.61 Å². The molecular formula is C23H22ClNO3. The number of amides is 1. The van der Waals surface area contributed by atoms with E-state index < -0.39 is 0 Å². The maximum absolute atomic E-state index is 12.7. The first-order chi connectivity index (χ1) is 13.5. The van der Waals surface area contributed by atoms with Crippen molar-refractivity contribution in [3.8, 4) is 11.5 Å². The van der Waals surface area contributed by atoms with Gasteiger partial charge in [0.15, 0.2) is 0 Å². The highest BCUT2D eigenvalue weighted by Gasteiger charge is 2.12. The molecule has 0 heterocycles. The number of hydrogen-bond donors (Lipinski definition) is 1. The van der Waals surface area contributed by atoms with Crippen LogP contribution in [0.15, 0.2) is 60.7 Å². The van der Waals surface area contributed by atoms with E-state index in [-0.39, 0.29) is 12.5 Å². The SMILES string of the molecule is COc1ccc(C(=O)Nc2ccc(C)c(C)c2)cc1COc1ccccc1Cl. The van der Waals surface area contributed by atoms with E-state index in [4.69, 9.17) is 21.1 Å². The largest absolute Gasteiger partial charge is 0.496 e. The second kappa shape index (κ2) is 8.81. The van der Waals surface area contributed by atoms with Gasteiger partial charge in [0.05, 0.1) is 12.1 Å². The second-order valence-corrected chi connectivity index (χ2v) is 6.91. The molecule has 3 aromatic rings. The molecule has 3 rings (SSSR count). The normalized spacial score (nSPS) is 10.4. The Morgan fingerprint density at radius 2 is 1.75 bits per heavy atom. The van der Waals surface area contributed by atoms with E-state index in [0.717, 1.165) is 16.8 Å². The molecule has 0 atom stereocenters. The first-order valence-corrected chi connectivity index (χ1v) is 9.28. The molecule has 0 saturated heterocycles. The summed E-state index contributed by atoms with van der Waals surface area (Å²) in [5.74, 6) is 1.04. The summed E-state index contributed by atoms with van der Waals surface area (Å²) >= 11 is 6.14. The number of carbonyl (C=O) groups is 1. The van der Waals surface area contributed by atoms with Gasteiger partial charge in [0, 0.05) is 16.8 Å². The fourth-order valence-electron chi connectivity index (χ4n) is 2.77. The lowest BCUT2D eigenvalue weighted by atomic mass is 10.1. The van der Waals surface area contributed by atoms with E-state index >= 15 is 0 Å². The first kappa shape index (κ1) is 19.8. The van der Waals surface area contributed by atoms with E-state index in [2.05, 4.69) is 5.32 Å². The zero-order valence-electron chi connectivity index (χ0n) is 16.1. The van der Waals surface area contributed by atoms with Crippen molar-refractivity contribution in [1.82, 2.24) is 0 Å². The molecule has 28 heavy (non-hydrogen) atoms. The standard InChI is InChI=1S/C23H22ClNO3/c1-15-8-10-19(12-16(15)2)25-23(26)17-9-11-21(27-3)18(13-17)14-28-22-7-5-4-6-20(22)24/h4-13H,14H2,1-3H3,(H,25,26). The minimum atomic E-state index is -0.190. The fourth-order valence-corrected chi connectivity index (χ4v) is 2.96. The maximum atomic E-state index is 12.7. The van der Waals surface area contributed by atoms with Gasteiger partial charge in [-0.3, -0.25) is 4.79 Å². The van der Waals surface area contributed by atoms with Crippen LogP contribution in [0.25, 0.3) is 0 Å². The average molecular weight is 396 g/mol. The predicted octanol–water partition coefficient (Wildman–Crippen LogP) is 5.80. The van der Waals surface area contributed by atoms with Crippen molar-refractivity contribution in [2.45, 2.75) is 20.5 Å². The number of nitrogens with one attached hydrogen (secondary N) is 1. The highest BCUT2D eigenvalue weighted by Crippen LogP contribution is 2.27. The minimum absolute atomic E-state index is 0.190. The molecule has 3 aromatic carbocycles. The molecule has 0 fully saturated rings. The van der Waals surface area contributed by atoms with Gasteiger partial charge in [-0.15, -0.1) is 0 Å². The molecule has 0 aliphatic heterocycles. The Hall–Kier alpha value is -2.98. The number of carbonyl (C=O) groups excluding carboxylic acids is 1. The Morgan fingerprint density at radius 1 is 0.964 bits per heavy atom. The molecule has 1 N–H and O–H groups in total. The number of para-hydroxylation sites is 1. The van der Waals surface area contributed by atoms with E-state index in [1.807, 2.05) is 44.2 Å². The van der Waals surface area contributed by atoms with E-state index in [9.17, 15) is 4.79 Å². The van der Waals surface area contributed by atoms with E-state index in [0.29, 0.717) is 22.1 Å². The van der Waals surface area contributed by atoms with Crippen LogP contribution in [0, 0.1) is 13.8 Å². The lowest BCUT2D eigenvalue weighted by Crippen LogP contribution is -2.13. The summed E-state index contributed by atoms with van der Waals surface area (Å²) in [6, 6.07) is 18.4. The maximum Gasteiger partial charge on any atom is 0.255 e. The third-order valence-electron chi connectivity index (χ3n) is 4.53. The van der Waals surface area contributed by atoms with E-state index in [1.165, 1.54) is 5.56 Å². The van der Waals surface area contributed by atoms with Crippen molar-refractivity contribution < 1.29 is 14.3 Å². The third kappa shape index (κ3) is 4.65. The molecule has 1 amide bonds. The smallest absolute Gasteiger partial charge is 0.255 e. The molecule has 0 saturated carbocycles. The summed E-state index contributed by atoms with van der Waals surface area (Å²) in [7, 11) is 1.59. The lowest BCUT2D eigenvalue weighted by Gasteiger charge is -2.13. The molecule has 5 heteroatoms. The number of halogens is 1. The number of ether oxygens (including phenoxy) is 2. The molecule has 0 aromatic heterocycles. The molecule has 0 radical (unpaired) electrons. The summed E-state index contributed by atoms with van der Waals surface area (Å²) < 4.78 is 11.2. The Labute approximate surface area is 170 Å². The van der Waals surface area contributed by atoms with Crippen LogP contribution >= 0.6 is 11.6 Å². The predicted molar refractivity (Wildman–Crippen MR) is 113 cm³/mol. The summed E-state index contributed by atoms with van der Waals surface area (Å²) in [4.78, 5) is 12.7. The van der Waals surface area contributed by atoms with Gasteiger partial charge in [0.25, 0.3) is 5.91 Å². The average Bonchev–Trinajstić information content (AvgIpc) is 2.70. The van der Waals surface area contributed by atoms with Gasteiger partial charge in [-0.25, -0.2) is 0 Å². The Bertz CT molecular complexity index is 1000. The second-order valence-electron chi connectivity index (χ2n) is 6.50. The Balaban J connectivity index is 1.78. The minimum Gasteiger partial charge on any atom is -0.496 e. The number of methoxy groups -OCH3 is 1. The molecule has 0 aliphatic rings. The lowest BCUT2D eigenvalue weighted by molar-refractivity contribution is 0.102. The van der Waals surface area contributed by atoms with Gasteiger partial charge in [-0.2, -0.15) is 0 Å². The van der Waals surface area contributed by atoms with Crippen LogP contribution < -0.4 is 14.8 Å². The Morgan fingerprint density at radius 3 is 2.46 bits per heavy atom. The molecule has 4 nitrogen and oxygen atoms in total. The highest BCUT2D eigenvalue weighted by molar-refractivity contribution is 6.32. The quantitative estimate of drug-likeness (QED) is 0.574. The zero-order chi connectivity index (χ0) is 20.1. The first-order valence-electron chi connectivity index (χ1n) is 8.91. The highest BCUT2D eigenvalue weighted by atomic mass is 35.5. The number of aryl methyl sites for hydroxylation is 2. The number of anilines is 1. The van der Waals surface area contributed by atoms with Gasteiger partial charge in [-0.1, -0.05) is 29.8 Å². The van der Waals surface area contributed by atoms with Crippen molar-refractivity contribution in [3.63, 3.8) is 0 Å². The van der Waals surface area contributed by atoms with Crippen LogP contribution in [0.3, 0.4) is 0 Å². The van der Waals surface area contributed by atoms with Crippen LogP contribution in [0.5, 0.6) is 11.5 Å². The van der Waals surface area contributed by atoms with Crippen molar-refractivity contribution >= 4 is 23.2 Å². The van der Waals surface area contributed by atoms with Gasteiger partial charge in [0.2, 0.25) is 0 Å². The van der Waals surface area contributed by atoms with Crippen molar-refractivity contribution in [2.75, 3.05) is 12.4 Å². The number of hydrogen-bond acceptors (Lipinski definition) is 3.